The fourth-order valence-corrected chi connectivity index (χ4v) is 5.73. The smallest absolute Gasteiger partial charge is 0.299 e. The molecule has 11 nitrogen and oxygen atoms in total. The number of H-pyrrole nitrogens is 1. The van der Waals surface area contributed by atoms with E-state index >= 15 is 0 Å². The number of aromatic amines is 1. The maximum atomic E-state index is 11.4. The normalized spacial score (nSPS) is 18.4. The van der Waals surface area contributed by atoms with E-state index < -0.39 is 0 Å². The summed E-state index contributed by atoms with van der Waals surface area (Å²) in [6, 6.07) is 19.1. The Kier molecular flexibility index (Phi) is 8.17. The molecule has 2 amide bonds. The minimum absolute atomic E-state index is 0.00646. The highest BCUT2D eigenvalue weighted by Gasteiger charge is 2.23. The molecule has 1 aromatic heterocycles. The van der Waals surface area contributed by atoms with Crippen LogP contribution < -0.4 is 27.1 Å². The van der Waals surface area contributed by atoms with Crippen molar-refractivity contribution < 1.29 is 14.3 Å². The van der Waals surface area contributed by atoms with Crippen LogP contribution in [0.15, 0.2) is 70.9 Å². The summed E-state index contributed by atoms with van der Waals surface area (Å²) >= 11 is 2.44. The fourth-order valence-electron chi connectivity index (χ4n) is 4.29. The van der Waals surface area contributed by atoms with Crippen LogP contribution in [-0.4, -0.2) is 49.5 Å². The zero-order chi connectivity index (χ0) is 29.1. The van der Waals surface area contributed by atoms with Crippen LogP contribution in [0.1, 0.15) is 25.0 Å². The van der Waals surface area contributed by atoms with E-state index in [2.05, 4.69) is 31.0 Å². The summed E-state index contributed by atoms with van der Waals surface area (Å²) in [5, 5.41) is 7.99. The fraction of sp³-hybridized carbons (Fsp3) is 0.179. The average molecular weight is 589 g/mol. The number of carbonyl (C=O) groups is 2. The molecule has 0 saturated heterocycles. The molecule has 3 heterocycles. The summed E-state index contributed by atoms with van der Waals surface area (Å²) in [5.41, 5.74) is 23.7. The Morgan fingerprint density at radius 2 is 1.41 bits per heavy atom. The summed E-state index contributed by atoms with van der Waals surface area (Å²) in [7, 11) is 1.65. The SMILES string of the molecule is CC1SC(=O)NN=C1c1ccc(N)c(N)c1.COc1cccc(-c2nc3ccc(C4=NNC(=O)SC4C)cc3[nH]2)c1. The van der Waals surface area contributed by atoms with Crippen LogP contribution in [0, 0.1) is 0 Å². The zero-order valence-electron chi connectivity index (χ0n) is 22.5. The van der Waals surface area contributed by atoms with Gasteiger partial charge in [0.15, 0.2) is 0 Å². The number of nitrogens with two attached hydrogens (primary N) is 2. The maximum Gasteiger partial charge on any atom is 0.299 e. The third kappa shape index (κ3) is 6.31. The summed E-state index contributed by atoms with van der Waals surface area (Å²) in [5.74, 6) is 1.57. The van der Waals surface area contributed by atoms with Crippen molar-refractivity contribution in [1.29, 1.82) is 0 Å². The summed E-state index contributed by atoms with van der Waals surface area (Å²) in [6.07, 6.45) is 0. The van der Waals surface area contributed by atoms with Gasteiger partial charge in [-0.25, -0.2) is 15.8 Å². The number of rotatable bonds is 4. The first kappa shape index (κ1) is 28.1. The van der Waals surface area contributed by atoms with Crippen LogP contribution >= 0.6 is 23.5 Å². The van der Waals surface area contributed by atoms with Crippen LogP contribution in [0.2, 0.25) is 0 Å². The maximum absolute atomic E-state index is 11.4. The van der Waals surface area contributed by atoms with Gasteiger partial charge in [-0.1, -0.05) is 47.8 Å². The number of anilines is 2. The average Bonchev–Trinajstić information content (AvgIpc) is 3.39. The number of thioether (sulfide) groups is 2. The number of nitrogens with one attached hydrogen (secondary N) is 3. The van der Waals surface area contributed by atoms with Crippen LogP contribution in [0.5, 0.6) is 5.75 Å². The first-order chi connectivity index (χ1) is 19.7. The van der Waals surface area contributed by atoms with Gasteiger partial charge in [0.25, 0.3) is 10.5 Å². The van der Waals surface area contributed by atoms with Gasteiger partial charge in [0.2, 0.25) is 0 Å². The molecule has 210 valence electrons. The zero-order valence-corrected chi connectivity index (χ0v) is 24.1. The Bertz CT molecular complexity index is 1700. The highest BCUT2D eigenvalue weighted by atomic mass is 32.2. The highest BCUT2D eigenvalue weighted by Crippen LogP contribution is 2.27. The molecular formula is C28H28N8O3S2. The Balaban J connectivity index is 0.000000182. The molecule has 41 heavy (non-hydrogen) atoms. The van der Waals surface area contributed by atoms with Gasteiger partial charge in [0, 0.05) is 16.7 Å². The number of ether oxygens (including phenoxy) is 1. The number of nitrogen functional groups attached to an aromatic ring is 2. The predicted octanol–water partition coefficient (Wildman–Crippen LogP) is 5.19. The van der Waals surface area contributed by atoms with Crippen LogP contribution in [0.4, 0.5) is 21.0 Å². The van der Waals surface area contributed by atoms with E-state index in [-0.39, 0.29) is 21.0 Å². The van der Waals surface area contributed by atoms with Gasteiger partial charge >= 0.3 is 0 Å². The van der Waals surface area contributed by atoms with E-state index in [1.807, 2.05) is 62.4 Å². The quantitative estimate of drug-likeness (QED) is 0.203. The molecule has 0 saturated carbocycles. The van der Waals surface area contributed by atoms with E-state index in [9.17, 15) is 9.59 Å². The first-order valence-electron chi connectivity index (χ1n) is 12.6. The molecule has 6 rings (SSSR count). The molecule has 3 aromatic carbocycles. The Morgan fingerprint density at radius 1 is 0.780 bits per heavy atom. The Labute approximate surface area is 244 Å². The standard InChI is InChI=1S/C18H16N4O2S.C10H12N4OS/c1-10-16(21-22-18(23)25-10)11-6-7-14-15(9-11)20-17(19-14)12-4-3-5-13(8-12)24-2;1-5-9(13-14-10(15)16-5)6-2-3-7(11)8(12)4-6/h3-10H,1-2H3,(H,19,20)(H,22,23);2-5H,11-12H2,1H3,(H,14,15). The van der Waals surface area contributed by atoms with Gasteiger partial charge in [0.05, 0.1) is 51.4 Å². The molecule has 7 N–H and O–H groups in total. The third-order valence-corrected chi connectivity index (χ3v) is 8.14. The van der Waals surface area contributed by atoms with Crippen molar-refractivity contribution in [1.82, 2.24) is 20.8 Å². The lowest BCUT2D eigenvalue weighted by atomic mass is 10.1. The summed E-state index contributed by atoms with van der Waals surface area (Å²) < 4.78 is 5.28. The van der Waals surface area contributed by atoms with Crippen molar-refractivity contribution in [2.24, 2.45) is 10.2 Å². The lowest BCUT2D eigenvalue weighted by Crippen LogP contribution is -2.29. The molecule has 0 fully saturated rings. The number of nitrogens with zero attached hydrogens (tertiary/aromatic N) is 3. The molecule has 0 spiro atoms. The number of aromatic nitrogens is 2. The second-order valence-corrected chi connectivity index (χ2v) is 11.8. The summed E-state index contributed by atoms with van der Waals surface area (Å²) in [6.45, 7) is 3.90. The lowest BCUT2D eigenvalue weighted by molar-refractivity contribution is 0.260. The number of hydrazone groups is 2. The summed E-state index contributed by atoms with van der Waals surface area (Å²) in [4.78, 5) is 30.5. The number of methoxy groups -OCH3 is 1. The molecule has 0 aliphatic carbocycles. The lowest BCUT2D eigenvalue weighted by Gasteiger charge is -2.18. The molecule has 0 radical (unpaired) electrons. The molecule has 4 aromatic rings. The Morgan fingerprint density at radius 3 is 2.02 bits per heavy atom. The first-order valence-corrected chi connectivity index (χ1v) is 14.4. The minimum Gasteiger partial charge on any atom is -0.497 e. The number of amides is 2. The number of benzene rings is 3. The van der Waals surface area contributed by atoms with E-state index in [0.717, 1.165) is 50.7 Å². The van der Waals surface area contributed by atoms with Gasteiger partial charge in [-0.2, -0.15) is 10.2 Å². The van der Waals surface area contributed by atoms with Crippen LogP contribution in [-0.2, 0) is 0 Å². The monoisotopic (exact) mass is 588 g/mol. The number of imidazole rings is 1. The van der Waals surface area contributed by atoms with E-state index in [1.165, 1.54) is 23.5 Å². The van der Waals surface area contributed by atoms with Crippen LogP contribution in [0.3, 0.4) is 0 Å². The van der Waals surface area contributed by atoms with Crippen molar-refractivity contribution >= 4 is 67.8 Å². The molecule has 2 atom stereocenters. The van der Waals surface area contributed by atoms with Crippen molar-refractivity contribution in [2.75, 3.05) is 18.6 Å². The van der Waals surface area contributed by atoms with Crippen LogP contribution in [0.25, 0.3) is 22.4 Å². The van der Waals surface area contributed by atoms with Crippen molar-refractivity contribution in [2.45, 2.75) is 24.3 Å². The predicted molar refractivity (Wildman–Crippen MR) is 168 cm³/mol. The van der Waals surface area contributed by atoms with Gasteiger partial charge in [0.1, 0.15) is 11.6 Å². The van der Waals surface area contributed by atoms with Gasteiger partial charge < -0.3 is 21.2 Å². The molecule has 2 aliphatic heterocycles. The number of hydrogen-bond donors (Lipinski definition) is 5. The number of fused-ring (bicyclic) bond motifs is 1. The topological polar surface area (TPSA) is 173 Å². The van der Waals surface area contributed by atoms with E-state index in [0.29, 0.717) is 11.4 Å². The number of hydrogen-bond acceptors (Lipinski definition) is 10. The van der Waals surface area contributed by atoms with E-state index in [4.69, 9.17) is 16.2 Å². The molecular weight excluding hydrogens is 560 g/mol. The molecule has 0 bridgehead atoms. The van der Waals surface area contributed by atoms with Crippen molar-refractivity contribution in [3.8, 4) is 17.1 Å². The number of carbonyl (C=O) groups excluding carboxylic acids is 2. The largest absolute Gasteiger partial charge is 0.497 e. The van der Waals surface area contributed by atoms with E-state index in [1.54, 1.807) is 19.2 Å². The van der Waals surface area contributed by atoms with Gasteiger partial charge in [-0.05, 0) is 50.2 Å². The molecule has 2 aliphatic rings. The van der Waals surface area contributed by atoms with Crippen molar-refractivity contribution in [3.63, 3.8) is 0 Å². The minimum atomic E-state index is -0.139. The molecule has 2 unspecified atom stereocenters. The third-order valence-electron chi connectivity index (χ3n) is 6.38. The van der Waals surface area contributed by atoms with Crippen molar-refractivity contribution in [3.05, 3.63) is 71.8 Å². The highest BCUT2D eigenvalue weighted by molar-refractivity contribution is 8.15. The van der Waals surface area contributed by atoms with Gasteiger partial charge in [-0.3, -0.25) is 9.59 Å². The second kappa shape index (κ2) is 11.9. The van der Waals surface area contributed by atoms with Gasteiger partial charge in [-0.15, -0.1) is 0 Å². The Hall–Kier alpha value is -4.49. The second-order valence-electron chi connectivity index (χ2n) is 9.21. The molecule has 13 heteroatoms.